The summed E-state index contributed by atoms with van der Waals surface area (Å²) in [6.07, 6.45) is 1.99. The van der Waals surface area contributed by atoms with Crippen LogP contribution in [0.4, 0.5) is 4.79 Å². The van der Waals surface area contributed by atoms with Crippen LogP contribution in [0.15, 0.2) is 12.7 Å². The van der Waals surface area contributed by atoms with Crippen molar-refractivity contribution in [2.45, 2.75) is 65.3 Å². The molecule has 0 fully saturated rings. The first-order valence-electron chi connectivity index (χ1n) is 8.41. The van der Waals surface area contributed by atoms with E-state index in [0.29, 0.717) is 19.4 Å². The number of carbonyl (C=O) groups is 2. The molecule has 140 valence electrons. The number of carbonyl (C=O) groups excluding carboxylic acids is 2. The van der Waals surface area contributed by atoms with Crippen molar-refractivity contribution in [1.29, 1.82) is 0 Å². The molecule has 0 N–H and O–H groups in total. The Hall–Kier alpha value is -1.14. The van der Waals surface area contributed by atoms with E-state index in [9.17, 15) is 9.59 Å². The third kappa shape index (κ3) is 8.10. The Kier molecular flexibility index (Phi) is 8.39. The lowest BCUT2D eigenvalue weighted by Crippen LogP contribution is -2.44. The molecule has 1 amide bonds. The maximum atomic E-state index is 12.2. The average Bonchev–Trinajstić information content (AvgIpc) is 2.38. The molecule has 0 aromatic carbocycles. The lowest BCUT2D eigenvalue weighted by atomic mass is 10.1. The molecule has 0 heterocycles. The van der Waals surface area contributed by atoms with Gasteiger partial charge in [0, 0.05) is 19.1 Å². The Morgan fingerprint density at radius 2 is 1.75 bits per heavy atom. The van der Waals surface area contributed by atoms with E-state index in [2.05, 4.69) is 40.4 Å². The molecule has 5 nitrogen and oxygen atoms in total. The van der Waals surface area contributed by atoms with E-state index in [-0.39, 0.29) is 17.5 Å². The van der Waals surface area contributed by atoms with Crippen LogP contribution in [-0.4, -0.2) is 50.9 Å². The largest absolute Gasteiger partial charge is 0.444 e. The highest BCUT2D eigenvalue weighted by Gasteiger charge is 2.37. The average molecular weight is 358 g/mol. The molecule has 0 saturated heterocycles. The third-order valence-electron chi connectivity index (χ3n) is 4.20. The molecule has 0 rings (SSSR count). The Morgan fingerprint density at radius 1 is 1.21 bits per heavy atom. The van der Waals surface area contributed by atoms with Crippen molar-refractivity contribution in [2.75, 3.05) is 19.7 Å². The normalized spacial score (nSPS) is 14.0. The van der Waals surface area contributed by atoms with Crippen LogP contribution >= 0.6 is 0 Å². The summed E-state index contributed by atoms with van der Waals surface area (Å²) in [5.41, 5.74) is -0.598. The molecular weight excluding hydrogens is 322 g/mol. The summed E-state index contributed by atoms with van der Waals surface area (Å²) in [7, 11) is -1.87. The lowest BCUT2D eigenvalue weighted by Gasteiger charge is -2.37. The minimum Gasteiger partial charge on any atom is -0.444 e. The monoisotopic (exact) mass is 357 g/mol. The maximum absolute atomic E-state index is 12.2. The van der Waals surface area contributed by atoms with Crippen LogP contribution in [0.1, 0.15) is 41.5 Å². The van der Waals surface area contributed by atoms with E-state index in [1.165, 1.54) is 4.90 Å². The van der Waals surface area contributed by atoms with Gasteiger partial charge in [0.05, 0.1) is 6.54 Å². The van der Waals surface area contributed by atoms with Crippen LogP contribution in [0.25, 0.3) is 0 Å². The number of hydrogen-bond donors (Lipinski definition) is 0. The topological polar surface area (TPSA) is 55.8 Å². The zero-order chi connectivity index (χ0) is 19.2. The molecule has 0 radical (unpaired) electrons. The van der Waals surface area contributed by atoms with Crippen LogP contribution in [-0.2, 0) is 14.0 Å². The van der Waals surface area contributed by atoms with Crippen molar-refractivity contribution in [1.82, 2.24) is 4.90 Å². The van der Waals surface area contributed by atoms with Gasteiger partial charge in [0.25, 0.3) is 0 Å². The highest BCUT2D eigenvalue weighted by Crippen LogP contribution is 2.36. The van der Waals surface area contributed by atoms with Gasteiger partial charge in [-0.05, 0) is 38.9 Å². The Balaban J connectivity index is 4.88. The van der Waals surface area contributed by atoms with Crippen LogP contribution in [0.5, 0.6) is 0 Å². The third-order valence-corrected chi connectivity index (χ3v) is 8.70. The van der Waals surface area contributed by atoms with Crippen molar-refractivity contribution in [2.24, 2.45) is 5.92 Å². The second-order valence-electron chi connectivity index (χ2n) is 8.62. The fraction of sp³-hybridized carbons (Fsp3) is 0.778. The lowest BCUT2D eigenvalue weighted by molar-refractivity contribution is -0.109. The highest BCUT2D eigenvalue weighted by atomic mass is 28.4. The predicted octanol–water partition coefficient (Wildman–Crippen LogP) is 4.25. The van der Waals surface area contributed by atoms with E-state index in [0.717, 1.165) is 0 Å². The smallest absolute Gasteiger partial charge is 0.410 e. The van der Waals surface area contributed by atoms with Gasteiger partial charge >= 0.3 is 6.09 Å². The van der Waals surface area contributed by atoms with Crippen molar-refractivity contribution >= 4 is 20.7 Å². The molecule has 0 aromatic heterocycles. The molecule has 1 atom stereocenters. The van der Waals surface area contributed by atoms with E-state index in [1.807, 2.05) is 0 Å². The SMILES string of the molecule is C=CC(CO[Si](C)(C)C(C)(C)C)CN(CC=O)C(=O)OC(C)(C)C. The molecule has 1 unspecified atom stereocenters. The molecule has 0 spiro atoms. The number of ether oxygens (including phenoxy) is 1. The van der Waals surface area contributed by atoms with Crippen LogP contribution < -0.4 is 0 Å². The van der Waals surface area contributed by atoms with Gasteiger partial charge in [0.15, 0.2) is 8.32 Å². The minimum absolute atomic E-state index is 0.000649. The van der Waals surface area contributed by atoms with Crippen molar-refractivity contribution in [3.63, 3.8) is 0 Å². The fourth-order valence-electron chi connectivity index (χ4n) is 1.65. The zero-order valence-corrected chi connectivity index (χ0v) is 17.6. The Morgan fingerprint density at radius 3 is 2.12 bits per heavy atom. The Labute approximate surface area is 148 Å². The van der Waals surface area contributed by atoms with Gasteiger partial charge in [-0.15, -0.1) is 6.58 Å². The Bertz CT molecular complexity index is 435. The van der Waals surface area contributed by atoms with Crippen molar-refractivity contribution in [3.05, 3.63) is 12.7 Å². The fourth-order valence-corrected chi connectivity index (χ4v) is 2.71. The van der Waals surface area contributed by atoms with E-state index < -0.39 is 20.0 Å². The molecule has 0 aromatic rings. The van der Waals surface area contributed by atoms with Gasteiger partial charge in [-0.25, -0.2) is 4.79 Å². The van der Waals surface area contributed by atoms with Gasteiger partial charge in [-0.3, -0.25) is 0 Å². The molecule has 0 bridgehead atoms. The van der Waals surface area contributed by atoms with Crippen LogP contribution in [0.3, 0.4) is 0 Å². The van der Waals surface area contributed by atoms with Gasteiger partial charge < -0.3 is 18.9 Å². The molecular formula is C18H35NO4Si. The summed E-state index contributed by atoms with van der Waals surface area (Å²) in [4.78, 5) is 24.5. The summed E-state index contributed by atoms with van der Waals surface area (Å²) in [6.45, 7) is 21.0. The molecule has 6 heteroatoms. The van der Waals surface area contributed by atoms with Crippen LogP contribution in [0, 0.1) is 5.92 Å². The van der Waals surface area contributed by atoms with E-state index >= 15 is 0 Å². The number of amides is 1. The first-order chi connectivity index (χ1) is 10.7. The minimum atomic E-state index is -1.87. The maximum Gasteiger partial charge on any atom is 0.410 e. The number of rotatable bonds is 8. The number of nitrogens with zero attached hydrogens (tertiary/aromatic N) is 1. The highest BCUT2D eigenvalue weighted by molar-refractivity contribution is 6.74. The van der Waals surface area contributed by atoms with Crippen molar-refractivity contribution in [3.8, 4) is 0 Å². The standard InChI is InChI=1S/C18H35NO4Si/c1-10-15(14-22-24(8,9)18(5,6)7)13-19(11-12-20)16(21)23-17(2,3)4/h10,12,15H,1,11,13-14H2,2-9H3. The summed E-state index contributed by atoms with van der Waals surface area (Å²) in [6, 6.07) is 0. The molecule has 0 aliphatic heterocycles. The first-order valence-corrected chi connectivity index (χ1v) is 11.3. The van der Waals surface area contributed by atoms with Crippen LogP contribution in [0.2, 0.25) is 18.1 Å². The second-order valence-corrected chi connectivity index (χ2v) is 13.4. The summed E-state index contributed by atoms with van der Waals surface area (Å²) < 4.78 is 11.6. The first kappa shape index (κ1) is 22.9. The van der Waals surface area contributed by atoms with Gasteiger partial charge in [0.2, 0.25) is 0 Å². The molecule has 0 aliphatic rings. The zero-order valence-electron chi connectivity index (χ0n) is 16.6. The quantitative estimate of drug-likeness (QED) is 0.370. The molecule has 0 aliphatic carbocycles. The summed E-state index contributed by atoms with van der Waals surface area (Å²) in [5, 5.41) is 0.117. The van der Waals surface area contributed by atoms with Crippen molar-refractivity contribution < 1.29 is 18.8 Å². The van der Waals surface area contributed by atoms with E-state index in [1.54, 1.807) is 26.8 Å². The van der Waals surface area contributed by atoms with E-state index in [4.69, 9.17) is 9.16 Å². The number of hydrogen-bond acceptors (Lipinski definition) is 4. The van der Waals surface area contributed by atoms with Gasteiger partial charge in [0.1, 0.15) is 11.9 Å². The molecule has 24 heavy (non-hydrogen) atoms. The predicted molar refractivity (Wildman–Crippen MR) is 101 cm³/mol. The second kappa shape index (κ2) is 8.81. The summed E-state index contributed by atoms with van der Waals surface area (Å²) in [5.74, 6) is -0.0495. The molecule has 0 saturated carbocycles. The van der Waals surface area contributed by atoms with Gasteiger partial charge in [-0.2, -0.15) is 0 Å². The summed E-state index contributed by atoms with van der Waals surface area (Å²) >= 11 is 0. The van der Waals surface area contributed by atoms with Gasteiger partial charge in [-0.1, -0.05) is 26.8 Å². The number of aldehydes is 1.